The van der Waals surface area contributed by atoms with Gasteiger partial charge in [0.2, 0.25) is 5.88 Å². The van der Waals surface area contributed by atoms with Crippen LogP contribution < -0.4 is 10.1 Å². The molecule has 2 fully saturated rings. The summed E-state index contributed by atoms with van der Waals surface area (Å²) in [4.78, 5) is 16.8. The quantitative estimate of drug-likeness (QED) is 0.901. The summed E-state index contributed by atoms with van der Waals surface area (Å²) >= 11 is 1.48. The molecule has 8 heteroatoms. The number of nitrogens with zero attached hydrogens (tertiary/aromatic N) is 4. The van der Waals surface area contributed by atoms with Crippen LogP contribution in [0.3, 0.4) is 0 Å². The zero-order chi connectivity index (χ0) is 15.4. The molecule has 1 unspecified atom stereocenters. The van der Waals surface area contributed by atoms with Gasteiger partial charge >= 0.3 is 0 Å². The first-order chi connectivity index (χ1) is 11.2. The highest BCUT2D eigenvalue weighted by atomic mass is 32.1. The van der Waals surface area contributed by atoms with E-state index < -0.39 is 0 Å². The molecule has 3 atom stereocenters. The van der Waals surface area contributed by atoms with E-state index in [0.717, 1.165) is 35.1 Å². The number of rotatable bonds is 2. The van der Waals surface area contributed by atoms with E-state index >= 15 is 0 Å². The highest BCUT2D eigenvalue weighted by molar-refractivity contribution is 7.21. The lowest BCUT2D eigenvalue weighted by Crippen LogP contribution is -2.46. The average Bonchev–Trinajstić information content (AvgIpc) is 3.31. The van der Waals surface area contributed by atoms with Crippen molar-refractivity contribution in [3.05, 3.63) is 12.1 Å². The molecule has 3 aliphatic rings. The molecular weight excluding hydrogens is 314 g/mol. The third kappa shape index (κ3) is 2.08. The Bertz CT molecular complexity index is 806. The monoisotopic (exact) mass is 331 g/mol. The lowest BCUT2D eigenvalue weighted by Gasteiger charge is -2.31. The number of fused-ring (bicyclic) bond motifs is 4. The smallest absolute Gasteiger partial charge is 0.291 e. The maximum atomic E-state index is 6.21. The van der Waals surface area contributed by atoms with Gasteiger partial charge in [0.1, 0.15) is 15.9 Å². The minimum atomic E-state index is -0.112. The van der Waals surface area contributed by atoms with E-state index in [1.165, 1.54) is 24.3 Å². The Morgan fingerprint density at radius 3 is 3.17 bits per heavy atom. The van der Waals surface area contributed by atoms with Crippen LogP contribution in [0.5, 0.6) is 5.88 Å². The number of amidine groups is 1. The maximum absolute atomic E-state index is 6.21. The predicted molar refractivity (Wildman–Crippen MR) is 88.3 cm³/mol. The van der Waals surface area contributed by atoms with E-state index in [2.05, 4.69) is 25.2 Å². The summed E-state index contributed by atoms with van der Waals surface area (Å²) < 4.78 is 11.4. The van der Waals surface area contributed by atoms with Crippen molar-refractivity contribution in [2.45, 2.75) is 12.0 Å². The average molecular weight is 331 g/mol. The van der Waals surface area contributed by atoms with Gasteiger partial charge in [-0.1, -0.05) is 11.3 Å². The second-order valence-corrected chi connectivity index (χ2v) is 7.31. The molecule has 3 aliphatic heterocycles. The number of aromatic nitrogens is 2. The van der Waals surface area contributed by atoms with Crippen molar-refractivity contribution >= 4 is 32.8 Å². The van der Waals surface area contributed by atoms with Crippen LogP contribution in [0, 0.1) is 5.92 Å². The molecule has 0 saturated carbocycles. The summed E-state index contributed by atoms with van der Waals surface area (Å²) in [7, 11) is 1.61. The predicted octanol–water partition coefficient (Wildman–Crippen LogP) is 1.57. The fourth-order valence-electron chi connectivity index (χ4n) is 3.79. The minimum Gasteiger partial charge on any atom is -0.481 e. The standard InChI is InChI=1S/C15H17N5O2S/c1-21-11-3-2-10-12(18-11)23-14(17-10)19-13-16-7-15(22-13)8-20-5-4-9(15)6-20/h2-3,9H,4-8H2,1H3,(H,16,17,19)/t9-,15-/m0/s1. The highest BCUT2D eigenvalue weighted by Crippen LogP contribution is 2.41. The molecule has 2 bridgehead atoms. The maximum Gasteiger partial charge on any atom is 0.291 e. The van der Waals surface area contributed by atoms with E-state index in [9.17, 15) is 0 Å². The van der Waals surface area contributed by atoms with Crippen LogP contribution >= 0.6 is 11.3 Å². The Morgan fingerprint density at radius 1 is 1.43 bits per heavy atom. The molecule has 0 amide bonds. The van der Waals surface area contributed by atoms with Crippen molar-refractivity contribution in [2.24, 2.45) is 10.9 Å². The van der Waals surface area contributed by atoms with Gasteiger partial charge in [0.05, 0.1) is 13.7 Å². The van der Waals surface area contributed by atoms with Crippen molar-refractivity contribution < 1.29 is 9.47 Å². The van der Waals surface area contributed by atoms with Crippen LogP contribution in [0.4, 0.5) is 5.13 Å². The van der Waals surface area contributed by atoms with E-state index in [-0.39, 0.29) is 5.60 Å². The van der Waals surface area contributed by atoms with E-state index in [4.69, 9.17) is 9.47 Å². The van der Waals surface area contributed by atoms with Crippen LogP contribution in [-0.4, -0.2) is 59.8 Å². The van der Waals surface area contributed by atoms with Crippen molar-refractivity contribution in [3.63, 3.8) is 0 Å². The van der Waals surface area contributed by atoms with Crippen LogP contribution in [0.2, 0.25) is 0 Å². The SMILES string of the molecule is COc1ccc2nc(NC3=NC[C@@]4(CN5CC[C@H]4C5)O3)sc2n1. The molecule has 2 saturated heterocycles. The Balaban J connectivity index is 1.34. The number of aliphatic imine (C=N–C) groups is 1. The molecule has 5 rings (SSSR count). The molecule has 120 valence electrons. The van der Waals surface area contributed by atoms with Gasteiger partial charge < -0.3 is 9.47 Å². The Kier molecular flexibility index (Phi) is 2.81. The molecule has 0 radical (unpaired) electrons. The first-order valence-electron chi connectivity index (χ1n) is 7.78. The summed E-state index contributed by atoms with van der Waals surface area (Å²) in [6, 6.07) is 4.31. The highest BCUT2D eigenvalue weighted by Gasteiger charge is 2.54. The molecule has 2 aromatic rings. The van der Waals surface area contributed by atoms with Crippen LogP contribution in [0.25, 0.3) is 10.3 Å². The number of pyridine rings is 1. The number of nitrogens with one attached hydrogen (secondary N) is 1. The normalized spacial score (nSPS) is 31.6. The number of ether oxygens (including phenoxy) is 2. The van der Waals surface area contributed by atoms with E-state index in [1.54, 1.807) is 7.11 Å². The van der Waals surface area contributed by atoms with Gasteiger partial charge in [-0.2, -0.15) is 0 Å². The summed E-state index contributed by atoms with van der Waals surface area (Å²) in [5, 5.41) is 3.96. The zero-order valence-electron chi connectivity index (χ0n) is 12.8. The van der Waals surface area contributed by atoms with Crippen LogP contribution in [-0.2, 0) is 4.74 Å². The van der Waals surface area contributed by atoms with Gasteiger partial charge in [-0.25, -0.2) is 15.0 Å². The molecule has 1 N–H and O–H groups in total. The van der Waals surface area contributed by atoms with Crippen molar-refractivity contribution in [2.75, 3.05) is 38.6 Å². The molecule has 0 aromatic carbocycles. The number of methoxy groups -OCH3 is 1. The first kappa shape index (κ1) is 13.5. The molecule has 23 heavy (non-hydrogen) atoms. The second-order valence-electron chi connectivity index (χ2n) is 6.33. The molecule has 1 spiro atoms. The van der Waals surface area contributed by atoms with Gasteiger partial charge in [0.15, 0.2) is 5.13 Å². The topological polar surface area (TPSA) is 71.9 Å². The van der Waals surface area contributed by atoms with E-state index in [1.807, 2.05) is 12.1 Å². The lowest BCUT2D eigenvalue weighted by molar-refractivity contribution is 0.0364. The number of hydrogen-bond donors (Lipinski definition) is 1. The summed E-state index contributed by atoms with van der Waals surface area (Å²) in [6.45, 7) is 4.08. The molecule has 7 nitrogen and oxygen atoms in total. The summed E-state index contributed by atoms with van der Waals surface area (Å²) in [5.74, 6) is 1.20. The molecule has 5 heterocycles. The van der Waals surface area contributed by atoms with Crippen LogP contribution in [0.15, 0.2) is 17.1 Å². The fourth-order valence-corrected chi connectivity index (χ4v) is 4.61. The van der Waals surface area contributed by atoms with E-state index in [0.29, 0.717) is 17.8 Å². The minimum absolute atomic E-state index is 0.112. The molecule has 0 aliphatic carbocycles. The van der Waals surface area contributed by atoms with Crippen LogP contribution in [0.1, 0.15) is 6.42 Å². The number of hydrogen-bond acceptors (Lipinski definition) is 8. The van der Waals surface area contributed by atoms with Gasteiger partial charge in [0, 0.05) is 25.1 Å². The van der Waals surface area contributed by atoms with Gasteiger partial charge in [-0.15, -0.1) is 0 Å². The van der Waals surface area contributed by atoms with Gasteiger partial charge in [-0.3, -0.25) is 10.2 Å². The fraction of sp³-hybridized carbons (Fsp3) is 0.533. The Labute approximate surface area is 137 Å². The largest absolute Gasteiger partial charge is 0.481 e. The number of piperidine rings is 1. The Hall–Kier alpha value is -1.93. The van der Waals surface area contributed by atoms with Crippen molar-refractivity contribution in [1.29, 1.82) is 0 Å². The third-order valence-corrected chi connectivity index (χ3v) is 5.83. The third-order valence-electron chi connectivity index (χ3n) is 4.95. The van der Waals surface area contributed by atoms with Gasteiger partial charge in [0.25, 0.3) is 6.02 Å². The van der Waals surface area contributed by atoms with Gasteiger partial charge in [-0.05, 0) is 19.0 Å². The van der Waals surface area contributed by atoms with Crippen molar-refractivity contribution in [3.8, 4) is 5.88 Å². The molecule has 2 aromatic heterocycles. The Morgan fingerprint density at radius 2 is 2.39 bits per heavy atom. The lowest BCUT2D eigenvalue weighted by atomic mass is 9.88. The number of thiazole rings is 1. The first-order valence-corrected chi connectivity index (χ1v) is 8.60. The number of anilines is 1. The second kappa shape index (κ2) is 4.78. The summed E-state index contributed by atoms with van der Waals surface area (Å²) in [6.07, 6.45) is 1.22. The zero-order valence-corrected chi connectivity index (χ0v) is 13.6. The van der Waals surface area contributed by atoms with Crippen molar-refractivity contribution in [1.82, 2.24) is 14.9 Å². The summed E-state index contributed by atoms with van der Waals surface area (Å²) in [5.41, 5.74) is 0.733. The molecular formula is C15H17N5O2S.